The molecule has 1 aliphatic rings. The van der Waals surface area contributed by atoms with Crippen molar-refractivity contribution in [3.05, 3.63) is 94.3 Å². The highest BCUT2D eigenvalue weighted by Gasteiger charge is 2.48. The van der Waals surface area contributed by atoms with Gasteiger partial charge in [0.05, 0.1) is 28.4 Å². The Morgan fingerprint density at radius 2 is 1.82 bits per heavy atom. The molecule has 1 amide bonds. The molecule has 1 aromatic heterocycles. The first-order valence-electron chi connectivity index (χ1n) is 13.0. The standard InChI is InChI=1S/C31H29FN2O4S/c1-4-5-6-15-38-22-12-9-20(10-13-22)27-26(28(35)23-16-18(2)7-8-19(23)3)29(36)30(37)34(27)31-33-24-14-11-21(32)17-25(24)39-31/h7-14,16-17,27,35H,4-6,15H2,1-3H3. The van der Waals surface area contributed by atoms with Crippen LogP contribution >= 0.6 is 11.3 Å². The third kappa shape index (κ3) is 5.16. The van der Waals surface area contributed by atoms with Crippen molar-refractivity contribution in [2.45, 2.75) is 46.1 Å². The number of rotatable bonds is 8. The number of Topliss-reactive ketones (excluding diaryl/α,β-unsaturated/α-hetero) is 1. The summed E-state index contributed by atoms with van der Waals surface area (Å²) in [4.78, 5) is 32.9. The molecule has 0 spiro atoms. The zero-order chi connectivity index (χ0) is 27.7. The SMILES string of the molecule is CCCCCOc1ccc(C2C(=C(O)c3cc(C)ccc3C)C(=O)C(=O)N2c2nc3ccc(F)cc3s2)cc1. The molecule has 1 fully saturated rings. The number of hydrogen-bond donors (Lipinski definition) is 1. The van der Waals surface area contributed by atoms with Crippen LogP contribution in [-0.4, -0.2) is 28.4 Å². The number of ketones is 1. The molecule has 5 rings (SSSR count). The highest BCUT2D eigenvalue weighted by Crippen LogP contribution is 2.45. The third-order valence-corrected chi connectivity index (χ3v) is 7.87. The van der Waals surface area contributed by atoms with Gasteiger partial charge >= 0.3 is 5.91 Å². The number of fused-ring (bicyclic) bond motifs is 1. The van der Waals surface area contributed by atoms with Crippen molar-refractivity contribution >= 4 is 44.1 Å². The number of ether oxygens (including phenoxy) is 1. The van der Waals surface area contributed by atoms with E-state index in [-0.39, 0.29) is 16.5 Å². The molecule has 0 radical (unpaired) electrons. The number of thiazole rings is 1. The van der Waals surface area contributed by atoms with Gasteiger partial charge in [-0.15, -0.1) is 0 Å². The van der Waals surface area contributed by atoms with Crippen LogP contribution in [0, 0.1) is 19.7 Å². The van der Waals surface area contributed by atoms with Gasteiger partial charge in [-0.1, -0.05) is 60.9 Å². The largest absolute Gasteiger partial charge is 0.507 e. The molecule has 1 N–H and O–H groups in total. The molecular formula is C31H29FN2O4S. The smallest absolute Gasteiger partial charge is 0.301 e. The van der Waals surface area contributed by atoms with Gasteiger partial charge in [0, 0.05) is 5.56 Å². The zero-order valence-electron chi connectivity index (χ0n) is 22.0. The van der Waals surface area contributed by atoms with E-state index in [4.69, 9.17) is 4.74 Å². The van der Waals surface area contributed by atoms with E-state index in [1.54, 1.807) is 30.3 Å². The van der Waals surface area contributed by atoms with Gasteiger partial charge in [-0.25, -0.2) is 9.37 Å². The lowest BCUT2D eigenvalue weighted by Gasteiger charge is -2.23. The lowest BCUT2D eigenvalue weighted by molar-refractivity contribution is -0.132. The van der Waals surface area contributed by atoms with Crippen molar-refractivity contribution in [1.29, 1.82) is 0 Å². The van der Waals surface area contributed by atoms with Gasteiger partial charge < -0.3 is 9.84 Å². The van der Waals surface area contributed by atoms with E-state index >= 15 is 0 Å². The molecule has 1 aliphatic heterocycles. The van der Waals surface area contributed by atoms with Gasteiger partial charge in [0.1, 0.15) is 17.3 Å². The summed E-state index contributed by atoms with van der Waals surface area (Å²) in [6.07, 6.45) is 3.13. The highest BCUT2D eigenvalue weighted by molar-refractivity contribution is 7.22. The molecule has 4 aromatic rings. The number of aryl methyl sites for hydroxylation is 2. The van der Waals surface area contributed by atoms with Crippen LogP contribution in [-0.2, 0) is 9.59 Å². The molecule has 1 unspecified atom stereocenters. The Morgan fingerprint density at radius 3 is 2.56 bits per heavy atom. The Balaban J connectivity index is 1.63. The van der Waals surface area contributed by atoms with E-state index in [1.807, 2.05) is 26.0 Å². The molecule has 6 nitrogen and oxygen atoms in total. The van der Waals surface area contributed by atoms with Crippen LogP contribution in [0.3, 0.4) is 0 Å². The van der Waals surface area contributed by atoms with Crippen molar-refractivity contribution in [2.24, 2.45) is 0 Å². The van der Waals surface area contributed by atoms with Gasteiger partial charge in [-0.3, -0.25) is 14.5 Å². The van der Waals surface area contributed by atoms with Crippen LogP contribution in [0.5, 0.6) is 5.75 Å². The van der Waals surface area contributed by atoms with Crippen LogP contribution in [0.15, 0.2) is 66.2 Å². The summed E-state index contributed by atoms with van der Waals surface area (Å²) in [6.45, 7) is 6.46. The average molecular weight is 545 g/mol. The lowest BCUT2D eigenvalue weighted by atomic mass is 9.93. The summed E-state index contributed by atoms with van der Waals surface area (Å²) in [6, 6.07) is 16.0. The Hall–Kier alpha value is -4.04. The lowest BCUT2D eigenvalue weighted by Crippen LogP contribution is -2.29. The maximum Gasteiger partial charge on any atom is 0.301 e. The fourth-order valence-corrected chi connectivity index (χ4v) is 5.78. The monoisotopic (exact) mass is 544 g/mol. The number of anilines is 1. The van der Waals surface area contributed by atoms with Gasteiger partial charge in [0.2, 0.25) is 0 Å². The number of hydrogen-bond acceptors (Lipinski definition) is 6. The predicted molar refractivity (Wildman–Crippen MR) is 152 cm³/mol. The quantitative estimate of drug-likeness (QED) is 0.109. The molecule has 8 heteroatoms. The number of carbonyl (C=O) groups is 2. The summed E-state index contributed by atoms with van der Waals surface area (Å²) in [5, 5.41) is 11.7. The fourth-order valence-electron chi connectivity index (χ4n) is 4.76. The fraction of sp³-hybridized carbons (Fsp3) is 0.258. The Morgan fingerprint density at radius 1 is 1.05 bits per heavy atom. The molecule has 0 aliphatic carbocycles. The second-order valence-electron chi connectivity index (χ2n) is 9.72. The number of aliphatic hydroxyl groups is 1. The van der Waals surface area contributed by atoms with Gasteiger partial charge in [-0.05, 0) is 67.8 Å². The van der Waals surface area contributed by atoms with Crippen LogP contribution in [0.1, 0.15) is 54.5 Å². The second-order valence-corrected chi connectivity index (χ2v) is 10.7. The minimum Gasteiger partial charge on any atom is -0.507 e. The van der Waals surface area contributed by atoms with Crippen molar-refractivity contribution in [3.63, 3.8) is 0 Å². The number of unbranched alkanes of at least 4 members (excludes halogenated alkanes) is 2. The summed E-state index contributed by atoms with van der Waals surface area (Å²) in [5.74, 6) is -1.58. The maximum absolute atomic E-state index is 13.9. The molecule has 0 bridgehead atoms. The molecule has 0 saturated carbocycles. The minimum atomic E-state index is -0.926. The van der Waals surface area contributed by atoms with Crippen LogP contribution in [0.2, 0.25) is 0 Å². The molecule has 1 atom stereocenters. The first kappa shape index (κ1) is 26.6. The van der Waals surface area contributed by atoms with E-state index in [2.05, 4.69) is 11.9 Å². The summed E-state index contributed by atoms with van der Waals surface area (Å²) < 4.78 is 20.3. The molecular weight excluding hydrogens is 515 g/mol. The zero-order valence-corrected chi connectivity index (χ0v) is 22.8. The van der Waals surface area contributed by atoms with E-state index in [0.29, 0.717) is 33.7 Å². The molecule has 39 heavy (non-hydrogen) atoms. The predicted octanol–water partition coefficient (Wildman–Crippen LogP) is 7.25. The van der Waals surface area contributed by atoms with Gasteiger partial charge in [0.25, 0.3) is 5.78 Å². The van der Waals surface area contributed by atoms with E-state index in [1.165, 1.54) is 23.1 Å². The third-order valence-electron chi connectivity index (χ3n) is 6.85. The second kappa shape index (κ2) is 11.0. The average Bonchev–Trinajstić information content (AvgIpc) is 3.45. The Kier molecular flexibility index (Phi) is 7.48. The number of aliphatic hydroxyl groups excluding tert-OH is 1. The number of amides is 1. The maximum atomic E-state index is 13.9. The van der Waals surface area contributed by atoms with Crippen LogP contribution in [0.25, 0.3) is 16.0 Å². The number of benzene rings is 3. The Labute approximate surface area is 230 Å². The van der Waals surface area contributed by atoms with Crippen molar-refractivity contribution < 1.29 is 23.8 Å². The molecule has 1 saturated heterocycles. The van der Waals surface area contributed by atoms with Gasteiger partial charge in [0.15, 0.2) is 5.13 Å². The normalized spacial score (nSPS) is 16.8. The summed E-state index contributed by atoms with van der Waals surface area (Å²) >= 11 is 1.12. The van der Waals surface area contributed by atoms with E-state index in [0.717, 1.165) is 41.7 Å². The topological polar surface area (TPSA) is 79.7 Å². The number of halogens is 1. The molecule has 3 aromatic carbocycles. The van der Waals surface area contributed by atoms with Gasteiger partial charge in [-0.2, -0.15) is 0 Å². The van der Waals surface area contributed by atoms with E-state index in [9.17, 15) is 19.1 Å². The van der Waals surface area contributed by atoms with Crippen LogP contribution < -0.4 is 9.64 Å². The number of nitrogens with zero attached hydrogens (tertiary/aromatic N) is 2. The molecule has 2 heterocycles. The minimum absolute atomic E-state index is 0.0178. The van der Waals surface area contributed by atoms with Crippen molar-refractivity contribution in [2.75, 3.05) is 11.5 Å². The first-order valence-corrected chi connectivity index (χ1v) is 13.8. The summed E-state index contributed by atoms with van der Waals surface area (Å²) in [7, 11) is 0. The van der Waals surface area contributed by atoms with Crippen molar-refractivity contribution in [1.82, 2.24) is 4.98 Å². The summed E-state index contributed by atoms with van der Waals surface area (Å²) in [5.41, 5.74) is 3.28. The number of carbonyl (C=O) groups excluding carboxylic acids is 2. The van der Waals surface area contributed by atoms with Crippen molar-refractivity contribution in [3.8, 4) is 5.75 Å². The molecule has 200 valence electrons. The first-order chi connectivity index (χ1) is 18.8. The van der Waals surface area contributed by atoms with Crippen LogP contribution in [0.4, 0.5) is 9.52 Å². The Bertz CT molecular complexity index is 1590. The highest BCUT2D eigenvalue weighted by atomic mass is 32.1. The van der Waals surface area contributed by atoms with E-state index < -0.39 is 23.5 Å². The number of aromatic nitrogens is 1.